The molecule has 1 N–H and O–H groups in total. The lowest BCUT2D eigenvalue weighted by atomic mass is 10.0. The molecule has 1 aromatic carbocycles. The molecule has 0 saturated carbocycles. The van der Waals surface area contributed by atoms with Crippen molar-refractivity contribution in [2.45, 2.75) is 45.7 Å². The van der Waals surface area contributed by atoms with Gasteiger partial charge in [-0.3, -0.25) is 10.1 Å². The number of rotatable bonds is 7. The summed E-state index contributed by atoms with van der Waals surface area (Å²) in [7, 11) is 1.39. The van der Waals surface area contributed by atoms with Gasteiger partial charge in [-0.1, -0.05) is 45.9 Å². The molecule has 1 atom stereocenters. The number of ether oxygens (including phenoxy) is 2. The summed E-state index contributed by atoms with van der Waals surface area (Å²) >= 11 is 0. The molecule has 0 aliphatic rings. The summed E-state index contributed by atoms with van der Waals surface area (Å²) in [6, 6.07) is 7.63. The van der Waals surface area contributed by atoms with Gasteiger partial charge in [-0.2, -0.15) is 0 Å². The smallest absolute Gasteiger partial charge is 0.326 e. The second-order valence-electron chi connectivity index (χ2n) is 5.40. The van der Waals surface area contributed by atoms with Crippen molar-refractivity contribution in [3.8, 4) is 5.75 Å². The fraction of sp³-hybridized carbons (Fsp3) is 0.562. The van der Waals surface area contributed by atoms with E-state index >= 15 is 0 Å². The van der Waals surface area contributed by atoms with Crippen molar-refractivity contribution in [1.82, 2.24) is 5.32 Å². The average molecular weight is 279 g/mol. The molecule has 1 aromatic rings. The standard InChI is InChI=1S/C16H25NO3/c1-11(2)13-8-6-7-9-15(13)20-10-14(16(18)19-5)17-12(3)4/h6-9,11-12,14,17H,10H2,1-5H3. The summed E-state index contributed by atoms with van der Waals surface area (Å²) in [5, 5.41) is 3.15. The molecule has 0 radical (unpaired) electrons. The maximum Gasteiger partial charge on any atom is 0.326 e. The molecular weight excluding hydrogens is 254 g/mol. The zero-order valence-corrected chi connectivity index (χ0v) is 13.0. The minimum Gasteiger partial charge on any atom is -0.491 e. The maximum absolute atomic E-state index is 11.7. The SMILES string of the molecule is COC(=O)C(COc1ccccc1C(C)C)NC(C)C. The first-order valence-corrected chi connectivity index (χ1v) is 7.01. The zero-order chi connectivity index (χ0) is 15.1. The van der Waals surface area contributed by atoms with E-state index in [1.807, 2.05) is 38.1 Å². The van der Waals surface area contributed by atoms with Gasteiger partial charge in [0.05, 0.1) is 7.11 Å². The van der Waals surface area contributed by atoms with E-state index in [9.17, 15) is 4.79 Å². The number of carbonyl (C=O) groups excluding carboxylic acids is 1. The Morgan fingerprint density at radius 3 is 2.40 bits per heavy atom. The first-order valence-electron chi connectivity index (χ1n) is 7.01. The fourth-order valence-electron chi connectivity index (χ4n) is 1.99. The Hall–Kier alpha value is -1.55. The Balaban J connectivity index is 2.74. The quantitative estimate of drug-likeness (QED) is 0.780. The van der Waals surface area contributed by atoms with Crippen molar-refractivity contribution in [3.63, 3.8) is 0 Å². The van der Waals surface area contributed by atoms with Crippen molar-refractivity contribution in [2.24, 2.45) is 0 Å². The second-order valence-corrected chi connectivity index (χ2v) is 5.40. The van der Waals surface area contributed by atoms with Crippen molar-refractivity contribution in [1.29, 1.82) is 0 Å². The van der Waals surface area contributed by atoms with Crippen LogP contribution in [0.1, 0.15) is 39.2 Å². The summed E-state index contributed by atoms with van der Waals surface area (Å²) < 4.78 is 10.6. The third-order valence-corrected chi connectivity index (χ3v) is 2.97. The Kier molecular flexibility index (Phi) is 6.52. The molecule has 1 unspecified atom stereocenters. The molecular formula is C16H25NO3. The normalized spacial score (nSPS) is 12.6. The summed E-state index contributed by atoms with van der Waals surface area (Å²) in [4.78, 5) is 11.7. The van der Waals surface area contributed by atoms with E-state index in [-0.39, 0.29) is 18.6 Å². The number of benzene rings is 1. The van der Waals surface area contributed by atoms with Crippen LogP contribution in [0.3, 0.4) is 0 Å². The topological polar surface area (TPSA) is 47.6 Å². The van der Waals surface area contributed by atoms with Gasteiger partial charge in [0.15, 0.2) is 0 Å². The van der Waals surface area contributed by atoms with Crippen LogP contribution in [0.4, 0.5) is 0 Å². The lowest BCUT2D eigenvalue weighted by molar-refractivity contribution is -0.144. The van der Waals surface area contributed by atoms with Gasteiger partial charge in [-0.15, -0.1) is 0 Å². The van der Waals surface area contributed by atoms with E-state index in [0.29, 0.717) is 5.92 Å². The Bertz CT molecular complexity index is 429. The van der Waals surface area contributed by atoms with Crippen LogP contribution in [-0.2, 0) is 9.53 Å². The van der Waals surface area contributed by atoms with Crippen molar-refractivity contribution in [2.75, 3.05) is 13.7 Å². The molecule has 0 spiro atoms. The lowest BCUT2D eigenvalue weighted by Crippen LogP contribution is -2.45. The highest BCUT2D eigenvalue weighted by Crippen LogP contribution is 2.25. The predicted octanol–water partition coefficient (Wildman–Crippen LogP) is 2.73. The van der Waals surface area contributed by atoms with Gasteiger partial charge in [0, 0.05) is 6.04 Å². The van der Waals surface area contributed by atoms with Gasteiger partial charge in [0.2, 0.25) is 0 Å². The number of carbonyl (C=O) groups is 1. The van der Waals surface area contributed by atoms with E-state index in [4.69, 9.17) is 9.47 Å². The minimum absolute atomic E-state index is 0.183. The largest absolute Gasteiger partial charge is 0.491 e. The van der Waals surface area contributed by atoms with E-state index < -0.39 is 6.04 Å². The molecule has 0 aliphatic heterocycles. The molecule has 112 valence electrons. The number of methoxy groups -OCH3 is 1. The second kappa shape index (κ2) is 7.90. The van der Waals surface area contributed by atoms with Gasteiger partial charge in [-0.25, -0.2) is 0 Å². The fourth-order valence-corrected chi connectivity index (χ4v) is 1.99. The highest BCUT2D eigenvalue weighted by molar-refractivity contribution is 5.75. The van der Waals surface area contributed by atoms with Crippen LogP contribution in [0.5, 0.6) is 5.75 Å². The highest BCUT2D eigenvalue weighted by Gasteiger charge is 2.21. The van der Waals surface area contributed by atoms with Crippen molar-refractivity contribution in [3.05, 3.63) is 29.8 Å². The summed E-state index contributed by atoms with van der Waals surface area (Å²) in [5.41, 5.74) is 1.14. The Morgan fingerprint density at radius 1 is 1.20 bits per heavy atom. The van der Waals surface area contributed by atoms with E-state index in [2.05, 4.69) is 19.2 Å². The minimum atomic E-state index is -0.458. The van der Waals surface area contributed by atoms with Gasteiger partial charge >= 0.3 is 5.97 Å². The maximum atomic E-state index is 11.7. The van der Waals surface area contributed by atoms with E-state index in [1.54, 1.807) is 0 Å². The molecule has 0 heterocycles. The summed E-state index contributed by atoms with van der Waals surface area (Å²) in [5.74, 6) is 0.892. The molecule has 0 bridgehead atoms. The molecule has 20 heavy (non-hydrogen) atoms. The summed E-state index contributed by atoms with van der Waals surface area (Å²) in [6.07, 6.45) is 0. The van der Waals surface area contributed by atoms with Crippen LogP contribution in [0.25, 0.3) is 0 Å². The zero-order valence-electron chi connectivity index (χ0n) is 13.0. The first-order chi connectivity index (χ1) is 9.45. The predicted molar refractivity (Wildman–Crippen MR) is 80.1 cm³/mol. The number of nitrogens with one attached hydrogen (secondary N) is 1. The van der Waals surface area contributed by atoms with Gasteiger partial charge < -0.3 is 9.47 Å². The number of hydrogen-bond donors (Lipinski definition) is 1. The van der Waals surface area contributed by atoms with E-state index in [0.717, 1.165) is 11.3 Å². The molecule has 0 saturated heterocycles. The molecule has 4 nitrogen and oxygen atoms in total. The van der Waals surface area contributed by atoms with Crippen LogP contribution in [0, 0.1) is 0 Å². The van der Waals surface area contributed by atoms with Gasteiger partial charge in [0.1, 0.15) is 18.4 Å². The molecule has 1 rings (SSSR count). The molecule has 0 fully saturated rings. The number of esters is 1. The van der Waals surface area contributed by atoms with Crippen LogP contribution < -0.4 is 10.1 Å². The van der Waals surface area contributed by atoms with Crippen LogP contribution in [0.2, 0.25) is 0 Å². The third kappa shape index (κ3) is 4.85. The third-order valence-electron chi connectivity index (χ3n) is 2.97. The average Bonchev–Trinajstić information content (AvgIpc) is 2.42. The molecule has 0 amide bonds. The summed E-state index contributed by atoms with van der Waals surface area (Å²) in [6.45, 7) is 8.46. The van der Waals surface area contributed by atoms with Crippen LogP contribution >= 0.6 is 0 Å². The Labute approximate surface area is 121 Å². The lowest BCUT2D eigenvalue weighted by Gasteiger charge is -2.21. The van der Waals surface area contributed by atoms with Gasteiger partial charge in [-0.05, 0) is 17.5 Å². The first kappa shape index (κ1) is 16.5. The van der Waals surface area contributed by atoms with Crippen molar-refractivity contribution < 1.29 is 14.3 Å². The van der Waals surface area contributed by atoms with E-state index in [1.165, 1.54) is 7.11 Å². The van der Waals surface area contributed by atoms with Crippen LogP contribution in [0.15, 0.2) is 24.3 Å². The number of para-hydroxylation sites is 1. The van der Waals surface area contributed by atoms with Crippen molar-refractivity contribution >= 4 is 5.97 Å². The molecule has 4 heteroatoms. The van der Waals surface area contributed by atoms with Crippen LogP contribution in [-0.4, -0.2) is 31.8 Å². The Morgan fingerprint density at radius 2 is 1.85 bits per heavy atom. The monoisotopic (exact) mass is 279 g/mol. The molecule has 0 aromatic heterocycles. The molecule has 0 aliphatic carbocycles. The highest BCUT2D eigenvalue weighted by atomic mass is 16.5. The van der Waals surface area contributed by atoms with Gasteiger partial charge in [0.25, 0.3) is 0 Å². The number of hydrogen-bond acceptors (Lipinski definition) is 4.